The molecule has 2 unspecified atom stereocenters. The van der Waals surface area contributed by atoms with Crippen molar-refractivity contribution in [2.45, 2.75) is 77.7 Å². The molecule has 3 rings (SSSR count). The van der Waals surface area contributed by atoms with E-state index in [0.29, 0.717) is 11.1 Å². The van der Waals surface area contributed by atoms with Crippen molar-refractivity contribution in [2.75, 3.05) is 0 Å². The highest BCUT2D eigenvalue weighted by Crippen LogP contribution is 2.21. The zero-order valence-electron chi connectivity index (χ0n) is 19.4. The smallest absolute Gasteiger partial charge is 0.251 e. The van der Waals surface area contributed by atoms with Gasteiger partial charge < -0.3 is 20.1 Å². The Balaban J connectivity index is 1.60. The van der Waals surface area contributed by atoms with Gasteiger partial charge in [-0.25, -0.2) is 0 Å². The fraction of sp³-hybridized carbons (Fsp3) is 0.462. The molecule has 1 saturated carbocycles. The molecule has 32 heavy (non-hydrogen) atoms. The summed E-state index contributed by atoms with van der Waals surface area (Å²) in [5.74, 6) is 1.21. The Kier molecular flexibility index (Phi) is 8.14. The monoisotopic (exact) mass is 438 g/mol. The molecule has 2 aromatic carbocycles. The zero-order valence-corrected chi connectivity index (χ0v) is 19.4. The summed E-state index contributed by atoms with van der Waals surface area (Å²) in [7, 11) is 0. The van der Waals surface area contributed by atoms with Crippen LogP contribution in [-0.4, -0.2) is 36.1 Å². The third-order valence-electron chi connectivity index (χ3n) is 5.38. The zero-order chi connectivity index (χ0) is 23.1. The molecule has 2 atom stereocenters. The van der Waals surface area contributed by atoms with E-state index in [0.717, 1.165) is 37.2 Å². The minimum absolute atomic E-state index is 0.0835. The van der Waals surface area contributed by atoms with Gasteiger partial charge in [-0.2, -0.15) is 0 Å². The largest absolute Gasteiger partial charge is 0.491 e. The SMILES string of the molecule is CC(C)Oc1ccc(C(=O)NC2CCCCC2NC(=O)c2ccc(OC(C)C)cc2)cc1. The van der Waals surface area contributed by atoms with Crippen molar-refractivity contribution in [3.63, 3.8) is 0 Å². The van der Waals surface area contributed by atoms with Crippen molar-refractivity contribution in [1.29, 1.82) is 0 Å². The molecule has 6 heteroatoms. The minimum atomic E-state index is -0.137. The molecule has 1 aliphatic carbocycles. The fourth-order valence-electron chi connectivity index (χ4n) is 3.89. The second kappa shape index (κ2) is 11.0. The first-order valence-corrected chi connectivity index (χ1v) is 11.5. The van der Waals surface area contributed by atoms with Crippen LogP contribution in [0.4, 0.5) is 0 Å². The van der Waals surface area contributed by atoms with Gasteiger partial charge in [0.15, 0.2) is 0 Å². The Hall–Kier alpha value is -3.02. The molecule has 6 nitrogen and oxygen atoms in total. The summed E-state index contributed by atoms with van der Waals surface area (Å²) < 4.78 is 11.3. The summed E-state index contributed by atoms with van der Waals surface area (Å²) in [6, 6.07) is 14.1. The van der Waals surface area contributed by atoms with E-state index < -0.39 is 0 Å². The average Bonchev–Trinajstić information content (AvgIpc) is 2.75. The first kappa shape index (κ1) is 23.6. The highest BCUT2D eigenvalue weighted by molar-refractivity contribution is 5.95. The molecule has 2 aromatic rings. The lowest BCUT2D eigenvalue weighted by Crippen LogP contribution is -2.53. The molecule has 0 saturated heterocycles. The van der Waals surface area contributed by atoms with Crippen LogP contribution in [-0.2, 0) is 0 Å². The highest BCUT2D eigenvalue weighted by Gasteiger charge is 2.28. The van der Waals surface area contributed by atoms with Gasteiger partial charge >= 0.3 is 0 Å². The van der Waals surface area contributed by atoms with Gasteiger partial charge in [0.2, 0.25) is 0 Å². The van der Waals surface area contributed by atoms with E-state index in [1.54, 1.807) is 24.3 Å². The van der Waals surface area contributed by atoms with Crippen molar-refractivity contribution >= 4 is 11.8 Å². The van der Waals surface area contributed by atoms with Crippen LogP contribution in [0.5, 0.6) is 11.5 Å². The quantitative estimate of drug-likeness (QED) is 0.625. The third-order valence-corrected chi connectivity index (χ3v) is 5.38. The molecule has 0 heterocycles. The van der Waals surface area contributed by atoms with Crippen LogP contribution in [0.1, 0.15) is 74.1 Å². The Labute approximate surface area is 190 Å². The van der Waals surface area contributed by atoms with E-state index in [4.69, 9.17) is 9.47 Å². The topological polar surface area (TPSA) is 76.7 Å². The van der Waals surface area contributed by atoms with Crippen LogP contribution in [0, 0.1) is 0 Å². The van der Waals surface area contributed by atoms with E-state index in [-0.39, 0.29) is 36.1 Å². The van der Waals surface area contributed by atoms with E-state index in [2.05, 4.69) is 10.6 Å². The fourth-order valence-corrected chi connectivity index (χ4v) is 3.89. The van der Waals surface area contributed by atoms with E-state index in [1.807, 2.05) is 52.0 Å². The Morgan fingerprint density at radius 3 is 1.34 bits per heavy atom. The lowest BCUT2D eigenvalue weighted by molar-refractivity contribution is 0.0862. The van der Waals surface area contributed by atoms with Gasteiger partial charge in [0.05, 0.1) is 12.2 Å². The molecule has 2 amide bonds. The molecule has 0 spiro atoms. The number of nitrogens with one attached hydrogen (secondary N) is 2. The number of hydrogen-bond donors (Lipinski definition) is 2. The molecule has 2 N–H and O–H groups in total. The molecule has 0 aromatic heterocycles. The predicted octanol–water partition coefficient (Wildman–Crippen LogP) is 4.73. The van der Waals surface area contributed by atoms with Gasteiger partial charge in [-0.3, -0.25) is 9.59 Å². The van der Waals surface area contributed by atoms with Crippen LogP contribution in [0.2, 0.25) is 0 Å². The summed E-state index contributed by atoms with van der Waals surface area (Å²) in [4.78, 5) is 25.6. The maximum Gasteiger partial charge on any atom is 0.251 e. The number of carbonyl (C=O) groups is 2. The second-order valence-electron chi connectivity index (χ2n) is 8.83. The third kappa shape index (κ3) is 6.74. The molecule has 0 aliphatic heterocycles. The molecule has 1 fully saturated rings. The van der Waals surface area contributed by atoms with Gasteiger partial charge in [0.25, 0.3) is 11.8 Å². The van der Waals surface area contributed by atoms with Gasteiger partial charge in [0.1, 0.15) is 11.5 Å². The first-order chi connectivity index (χ1) is 15.3. The summed E-state index contributed by atoms with van der Waals surface area (Å²) in [5.41, 5.74) is 1.16. The van der Waals surface area contributed by atoms with Crippen LogP contribution in [0.25, 0.3) is 0 Å². The van der Waals surface area contributed by atoms with E-state index in [9.17, 15) is 9.59 Å². The number of amides is 2. The molecule has 0 bridgehead atoms. The van der Waals surface area contributed by atoms with Gasteiger partial charge in [0, 0.05) is 23.2 Å². The van der Waals surface area contributed by atoms with E-state index >= 15 is 0 Å². The van der Waals surface area contributed by atoms with Crippen molar-refractivity contribution in [3.8, 4) is 11.5 Å². The molecule has 1 aliphatic rings. The number of carbonyl (C=O) groups excluding carboxylic acids is 2. The summed E-state index contributed by atoms with van der Waals surface area (Å²) in [5, 5.41) is 6.24. The van der Waals surface area contributed by atoms with E-state index in [1.165, 1.54) is 0 Å². The van der Waals surface area contributed by atoms with Crippen LogP contribution >= 0.6 is 0 Å². The first-order valence-electron chi connectivity index (χ1n) is 11.5. The lowest BCUT2D eigenvalue weighted by Gasteiger charge is -2.33. The molecular weight excluding hydrogens is 404 g/mol. The van der Waals surface area contributed by atoms with Crippen LogP contribution in [0.15, 0.2) is 48.5 Å². The second-order valence-corrected chi connectivity index (χ2v) is 8.83. The van der Waals surface area contributed by atoms with Crippen molar-refractivity contribution in [1.82, 2.24) is 10.6 Å². The maximum atomic E-state index is 12.8. The Bertz CT molecular complexity index is 816. The Morgan fingerprint density at radius 2 is 1.03 bits per heavy atom. The number of benzene rings is 2. The Morgan fingerprint density at radius 1 is 0.688 bits per heavy atom. The van der Waals surface area contributed by atoms with Gasteiger partial charge in [-0.15, -0.1) is 0 Å². The molecule has 0 radical (unpaired) electrons. The number of rotatable bonds is 8. The van der Waals surface area contributed by atoms with Crippen molar-refractivity contribution in [2.24, 2.45) is 0 Å². The van der Waals surface area contributed by atoms with Gasteiger partial charge in [-0.1, -0.05) is 12.8 Å². The molecule has 172 valence electrons. The van der Waals surface area contributed by atoms with Crippen LogP contribution < -0.4 is 20.1 Å². The number of ether oxygens (including phenoxy) is 2. The average molecular weight is 439 g/mol. The highest BCUT2D eigenvalue weighted by atomic mass is 16.5. The number of hydrogen-bond acceptors (Lipinski definition) is 4. The standard InChI is InChI=1S/C26H34N2O4/c1-17(2)31-21-13-9-19(10-14-21)25(29)27-23-7-5-6-8-24(23)28-26(30)20-11-15-22(16-12-20)32-18(3)4/h9-18,23-24H,5-8H2,1-4H3,(H,27,29)(H,28,30). The van der Waals surface area contributed by atoms with Crippen molar-refractivity contribution < 1.29 is 19.1 Å². The lowest BCUT2D eigenvalue weighted by atomic mass is 9.89. The summed E-state index contributed by atoms with van der Waals surface area (Å²) in [6.45, 7) is 7.86. The van der Waals surface area contributed by atoms with Crippen molar-refractivity contribution in [3.05, 3.63) is 59.7 Å². The van der Waals surface area contributed by atoms with Crippen LogP contribution in [0.3, 0.4) is 0 Å². The normalized spacial score (nSPS) is 18.3. The molecular formula is C26H34N2O4. The van der Waals surface area contributed by atoms with Gasteiger partial charge in [-0.05, 0) is 89.1 Å². The minimum Gasteiger partial charge on any atom is -0.491 e. The predicted molar refractivity (Wildman–Crippen MR) is 125 cm³/mol. The summed E-state index contributed by atoms with van der Waals surface area (Å²) in [6.07, 6.45) is 3.90. The maximum absolute atomic E-state index is 12.8. The summed E-state index contributed by atoms with van der Waals surface area (Å²) >= 11 is 0.